The summed E-state index contributed by atoms with van der Waals surface area (Å²) in [6.45, 7) is 5.78. The average Bonchev–Trinajstić information content (AvgIpc) is 2.31. The van der Waals surface area contributed by atoms with Crippen LogP contribution in [-0.4, -0.2) is 13.1 Å². The summed E-state index contributed by atoms with van der Waals surface area (Å²) >= 11 is 0. The van der Waals surface area contributed by atoms with Crippen molar-refractivity contribution in [3.63, 3.8) is 0 Å². The van der Waals surface area contributed by atoms with E-state index >= 15 is 0 Å². The van der Waals surface area contributed by atoms with Gasteiger partial charge in [0.25, 0.3) is 5.69 Å². The van der Waals surface area contributed by atoms with Crippen LogP contribution in [0.25, 0.3) is 0 Å². The Labute approximate surface area is 89.2 Å². The number of hydrogen-bond acceptors (Lipinski definition) is 3. The Hall–Kier alpha value is -1.71. The fraction of sp³-hybridized carbons (Fsp3) is 0.364. The molecule has 0 spiro atoms. The molecule has 0 atom stereocenters. The molecule has 0 fully saturated rings. The van der Waals surface area contributed by atoms with E-state index in [1.807, 2.05) is 13.8 Å². The Morgan fingerprint density at radius 2 is 1.93 bits per heavy atom. The normalized spacial score (nSPS) is 8.53. The van der Waals surface area contributed by atoms with Crippen molar-refractivity contribution in [3.05, 3.63) is 34.2 Å². The molecule has 0 saturated carbocycles. The van der Waals surface area contributed by atoms with E-state index < -0.39 is 5.97 Å². The van der Waals surface area contributed by atoms with Crippen molar-refractivity contribution in [2.75, 3.05) is 7.11 Å². The van der Waals surface area contributed by atoms with E-state index in [4.69, 9.17) is 0 Å². The third-order valence-corrected chi connectivity index (χ3v) is 1.76. The van der Waals surface area contributed by atoms with Crippen molar-refractivity contribution in [1.29, 1.82) is 0 Å². The quantitative estimate of drug-likeness (QED) is 0.748. The van der Waals surface area contributed by atoms with E-state index in [0.717, 1.165) is 5.56 Å². The molecule has 0 unspecified atom stereocenters. The second-order valence-electron chi connectivity index (χ2n) is 2.62. The minimum atomic E-state index is -0.436. The van der Waals surface area contributed by atoms with Gasteiger partial charge in [0.2, 0.25) is 0 Å². The van der Waals surface area contributed by atoms with Gasteiger partial charge in [-0.05, 0) is 12.5 Å². The number of aryl methyl sites for hydroxylation is 1. The number of rotatable bonds is 2. The van der Waals surface area contributed by atoms with Gasteiger partial charge in [-0.1, -0.05) is 19.9 Å². The molecule has 0 aromatic heterocycles. The summed E-state index contributed by atoms with van der Waals surface area (Å²) in [4.78, 5) is 21.5. The van der Waals surface area contributed by atoms with E-state index in [0.29, 0.717) is 11.3 Å². The van der Waals surface area contributed by atoms with Crippen LogP contribution in [0.2, 0.25) is 0 Å². The number of esters is 1. The second-order valence-corrected chi connectivity index (χ2v) is 2.62. The van der Waals surface area contributed by atoms with Crippen molar-refractivity contribution < 1.29 is 14.7 Å². The van der Waals surface area contributed by atoms with Crippen molar-refractivity contribution in [2.24, 2.45) is 0 Å². The first-order valence-corrected chi connectivity index (χ1v) is 4.76. The Kier molecular flexibility index (Phi) is 5.94. The van der Waals surface area contributed by atoms with Crippen LogP contribution in [0.15, 0.2) is 18.2 Å². The highest BCUT2D eigenvalue weighted by Gasteiger charge is 2.11. The van der Waals surface area contributed by atoms with Gasteiger partial charge in [-0.15, -0.1) is 0 Å². The maximum atomic E-state index is 11.2. The number of nitrogens with one attached hydrogen (secondary N) is 1. The highest BCUT2D eigenvalue weighted by molar-refractivity contribution is 5.91. The number of methoxy groups -OCH3 is 1. The molecule has 4 nitrogen and oxygen atoms in total. The zero-order valence-electron chi connectivity index (χ0n) is 9.46. The van der Waals surface area contributed by atoms with Crippen molar-refractivity contribution in [2.45, 2.75) is 20.8 Å². The summed E-state index contributed by atoms with van der Waals surface area (Å²) in [5.41, 5.74) is 1.54. The monoisotopic (exact) mass is 210 g/mol. The van der Waals surface area contributed by atoms with Gasteiger partial charge < -0.3 is 4.74 Å². The van der Waals surface area contributed by atoms with E-state index in [-0.39, 0.29) is 0 Å². The highest BCUT2D eigenvalue weighted by atomic mass is 16.5. The summed E-state index contributed by atoms with van der Waals surface area (Å²) < 4.78 is 4.55. The van der Waals surface area contributed by atoms with Crippen LogP contribution < -0.4 is 5.18 Å². The van der Waals surface area contributed by atoms with Gasteiger partial charge >= 0.3 is 5.97 Å². The molecule has 0 heterocycles. The molecule has 0 saturated heterocycles. The summed E-state index contributed by atoms with van der Waals surface area (Å²) in [6.07, 6.45) is 0. The lowest BCUT2D eigenvalue weighted by Crippen LogP contribution is -2.55. The summed E-state index contributed by atoms with van der Waals surface area (Å²) in [5.74, 6) is -0.436. The predicted octanol–water partition coefficient (Wildman–Crippen LogP) is 1.29. The Bertz CT molecular complexity index is 348. The molecule has 0 bridgehead atoms. The Morgan fingerprint density at radius 1 is 1.33 bits per heavy atom. The first-order chi connectivity index (χ1) is 7.19. The highest BCUT2D eigenvalue weighted by Crippen LogP contribution is 2.12. The van der Waals surface area contributed by atoms with Gasteiger partial charge in [0, 0.05) is 22.2 Å². The number of ether oxygens (including phenoxy) is 1. The van der Waals surface area contributed by atoms with Gasteiger partial charge in [-0.25, -0.2) is 4.79 Å². The average molecular weight is 210 g/mol. The lowest BCUT2D eigenvalue weighted by Gasteiger charge is -2.00. The van der Waals surface area contributed by atoms with Crippen LogP contribution in [0.5, 0.6) is 0 Å². The van der Waals surface area contributed by atoms with Crippen LogP contribution in [-0.2, 0) is 4.74 Å². The van der Waals surface area contributed by atoms with Crippen molar-refractivity contribution in [1.82, 2.24) is 0 Å². The Balaban J connectivity index is 0.000000921. The smallest absolute Gasteiger partial charge is 0.338 e. The molecule has 1 aromatic carbocycles. The molecule has 4 heteroatoms. The molecule has 0 aliphatic rings. The van der Waals surface area contributed by atoms with Crippen LogP contribution in [0.3, 0.4) is 0 Å². The zero-order valence-corrected chi connectivity index (χ0v) is 9.46. The maximum Gasteiger partial charge on any atom is 0.338 e. The lowest BCUT2D eigenvalue weighted by atomic mass is 10.1. The van der Waals surface area contributed by atoms with E-state index in [2.05, 4.69) is 4.74 Å². The van der Waals surface area contributed by atoms with E-state index in [9.17, 15) is 9.70 Å². The second kappa shape index (κ2) is 6.70. The van der Waals surface area contributed by atoms with Crippen molar-refractivity contribution >= 4 is 11.7 Å². The summed E-state index contributed by atoms with van der Waals surface area (Å²) in [7, 11) is 1.30. The lowest BCUT2D eigenvalue weighted by molar-refractivity contribution is -0.379. The van der Waals surface area contributed by atoms with Crippen LogP contribution >= 0.6 is 0 Å². The van der Waals surface area contributed by atoms with Gasteiger partial charge in [-0.3, -0.25) is 0 Å². The Morgan fingerprint density at radius 3 is 2.40 bits per heavy atom. The van der Waals surface area contributed by atoms with E-state index in [1.54, 1.807) is 24.2 Å². The molecular formula is C11H16NO3+. The minimum Gasteiger partial charge on any atom is -0.465 e. The molecule has 1 aromatic rings. The standard InChI is InChI=1S/C9H9NO3.C2H6/c1-6-3-4-7(10-12)5-8(6)9(11)13-2;1-2/h3-5H,1-2H3;1-2H3/p+1. The van der Waals surface area contributed by atoms with Gasteiger partial charge in [-0.2, -0.15) is 0 Å². The predicted molar refractivity (Wildman–Crippen MR) is 57.9 cm³/mol. The number of benzene rings is 1. The molecule has 15 heavy (non-hydrogen) atoms. The number of hydrogen-bond donors (Lipinski definition) is 1. The zero-order chi connectivity index (χ0) is 11.8. The first kappa shape index (κ1) is 13.3. The number of carbonyl (C=O) groups is 1. The summed E-state index contributed by atoms with van der Waals surface area (Å²) in [6, 6.07) is 4.76. The largest absolute Gasteiger partial charge is 0.465 e. The number of carbonyl (C=O) groups excluding carboxylic acids is 1. The molecule has 82 valence electrons. The van der Waals surface area contributed by atoms with E-state index in [1.165, 1.54) is 13.2 Å². The van der Waals surface area contributed by atoms with Gasteiger partial charge in [0.05, 0.1) is 12.7 Å². The van der Waals surface area contributed by atoms with Gasteiger partial charge in [0.1, 0.15) is 0 Å². The van der Waals surface area contributed by atoms with Crippen LogP contribution in [0.4, 0.5) is 5.69 Å². The molecule has 0 aliphatic heterocycles. The SMILES string of the molecule is CC.COC(=O)c1cc([NH+]=O)ccc1C. The molecule has 0 amide bonds. The maximum absolute atomic E-state index is 11.2. The van der Waals surface area contributed by atoms with Crippen LogP contribution in [0.1, 0.15) is 29.8 Å². The minimum absolute atomic E-state index is 0.353. The number of nitroso groups, excluding NO2 is 1. The molecular weight excluding hydrogens is 194 g/mol. The van der Waals surface area contributed by atoms with Crippen LogP contribution in [0, 0.1) is 11.8 Å². The third kappa shape index (κ3) is 3.50. The van der Waals surface area contributed by atoms with Gasteiger partial charge in [0.15, 0.2) is 0 Å². The molecule has 1 rings (SSSR count). The molecule has 0 aliphatic carbocycles. The first-order valence-electron chi connectivity index (χ1n) is 4.76. The fourth-order valence-corrected chi connectivity index (χ4v) is 1.02. The summed E-state index contributed by atoms with van der Waals surface area (Å²) in [5, 5.41) is 1.72. The molecule has 0 radical (unpaired) electrons. The van der Waals surface area contributed by atoms with Crippen molar-refractivity contribution in [3.8, 4) is 0 Å². The fourth-order valence-electron chi connectivity index (χ4n) is 1.02. The third-order valence-electron chi connectivity index (χ3n) is 1.76. The topological polar surface area (TPSA) is 57.3 Å². The molecule has 1 N–H and O–H groups in total.